The van der Waals surface area contributed by atoms with Gasteiger partial charge in [0.1, 0.15) is 0 Å². The fourth-order valence-corrected chi connectivity index (χ4v) is 2.11. The minimum absolute atomic E-state index is 0.0581. The lowest BCUT2D eigenvalue weighted by Gasteiger charge is -2.32. The molecule has 0 radical (unpaired) electrons. The quantitative estimate of drug-likeness (QED) is 0.579. The van der Waals surface area contributed by atoms with E-state index in [4.69, 9.17) is 10.5 Å². The van der Waals surface area contributed by atoms with Crippen molar-refractivity contribution in [1.82, 2.24) is 4.90 Å². The topological polar surface area (TPSA) is 72.6 Å². The van der Waals surface area contributed by atoms with Crippen molar-refractivity contribution in [2.75, 3.05) is 19.7 Å². The molecular weight excluding hydrogens is 232 g/mol. The first-order chi connectivity index (χ1) is 8.60. The highest BCUT2D eigenvalue weighted by molar-refractivity contribution is 5.82. The van der Waals surface area contributed by atoms with E-state index in [1.54, 1.807) is 17.9 Å². The molecular formula is C13H22N2O3. The number of likely N-dealkylation sites (tertiary alicyclic amines) is 1. The number of ether oxygens (including phenoxy) is 1. The first-order valence-corrected chi connectivity index (χ1v) is 6.42. The van der Waals surface area contributed by atoms with Crippen LogP contribution in [0.5, 0.6) is 0 Å². The molecule has 1 aliphatic rings. The van der Waals surface area contributed by atoms with Gasteiger partial charge < -0.3 is 15.4 Å². The maximum absolute atomic E-state index is 11.9. The number of rotatable bonds is 5. The molecule has 1 heterocycles. The summed E-state index contributed by atoms with van der Waals surface area (Å²) < 4.78 is 4.98. The van der Waals surface area contributed by atoms with Crippen LogP contribution in [0.25, 0.3) is 0 Å². The lowest BCUT2D eigenvalue weighted by molar-refractivity contribution is -0.151. The predicted octanol–water partition coefficient (Wildman–Crippen LogP) is 0.691. The standard InChI is InChI=1S/C13H22N2O3/c1-3-5-11(14)12(16)15-8-6-10(7-9-15)13(17)18-4-2/h3,10-11H,1,4-9,14H2,2H3. The number of hydrogen-bond acceptors (Lipinski definition) is 4. The molecule has 102 valence electrons. The Balaban J connectivity index is 2.41. The summed E-state index contributed by atoms with van der Waals surface area (Å²) in [4.78, 5) is 25.2. The Kier molecular flexibility index (Phi) is 5.85. The molecule has 2 N–H and O–H groups in total. The number of nitrogens with zero attached hydrogens (tertiary/aromatic N) is 1. The fourth-order valence-electron chi connectivity index (χ4n) is 2.11. The normalized spacial score (nSPS) is 18.2. The summed E-state index contributed by atoms with van der Waals surface area (Å²) in [5, 5.41) is 0. The highest BCUT2D eigenvalue weighted by Crippen LogP contribution is 2.19. The van der Waals surface area contributed by atoms with Crippen molar-refractivity contribution < 1.29 is 14.3 Å². The van der Waals surface area contributed by atoms with E-state index in [1.165, 1.54) is 0 Å². The van der Waals surface area contributed by atoms with E-state index in [-0.39, 0.29) is 17.8 Å². The van der Waals surface area contributed by atoms with E-state index in [0.29, 0.717) is 39.0 Å². The lowest BCUT2D eigenvalue weighted by atomic mass is 9.96. The van der Waals surface area contributed by atoms with Gasteiger partial charge in [0, 0.05) is 13.1 Å². The fraction of sp³-hybridized carbons (Fsp3) is 0.692. The summed E-state index contributed by atoms with van der Waals surface area (Å²) in [6, 6.07) is -0.512. The van der Waals surface area contributed by atoms with Crippen molar-refractivity contribution in [2.24, 2.45) is 11.7 Å². The molecule has 0 aromatic rings. The molecule has 1 amide bonds. The predicted molar refractivity (Wildman–Crippen MR) is 68.7 cm³/mol. The van der Waals surface area contributed by atoms with Gasteiger partial charge in [-0.05, 0) is 26.2 Å². The molecule has 0 aliphatic carbocycles. The Morgan fingerprint density at radius 2 is 2.11 bits per heavy atom. The Morgan fingerprint density at radius 3 is 2.61 bits per heavy atom. The van der Waals surface area contributed by atoms with Gasteiger partial charge in [-0.3, -0.25) is 9.59 Å². The number of esters is 1. The van der Waals surface area contributed by atoms with Crippen LogP contribution in [0.15, 0.2) is 12.7 Å². The number of carbonyl (C=O) groups is 2. The van der Waals surface area contributed by atoms with Crippen LogP contribution in [0.1, 0.15) is 26.2 Å². The molecule has 1 fully saturated rings. The molecule has 5 nitrogen and oxygen atoms in total. The number of carbonyl (C=O) groups excluding carboxylic acids is 2. The van der Waals surface area contributed by atoms with Crippen LogP contribution in [-0.2, 0) is 14.3 Å². The molecule has 0 bridgehead atoms. The largest absolute Gasteiger partial charge is 0.466 e. The third-order valence-electron chi connectivity index (χ3n) is 3.16. The molecule has 1 unspecified atom stereocenters. The van der Waals surface area contributed by atoms with Crippen LogP contribution in [0.3, 0.4) is 0 Å². The van der Waals surface area contributed by atoms with Crippen LogP contribution >= 0.6 is 0 Å². The summed E-state index contributed by atoms with van der Waals surface area (Å²) in [6.07, 6.45) is 3.45. The molecule has 0 spiro atoms. The van der Waals surface area contributed by atoms with Crippen LogP contribution in [0.4, 0.5) is 0 Å². The second-order valence-corrected chi connectivity index (χ2v) is 4.48. The van der Waals surface area contributed by atoms with Gasteiger partial charge in [0.25, 0.3) is 0 Å². The van der Waals surface area contributed by atoms with Crippen LogP contribution < -0.4 is 5.73 Å². The van der Waals surface area contributed by atoms with Crippen molar-refractivity contribution >= 4 is 11.9 Å². The van der Waals surface area contributed by atoms with Gasteiger partial charge in [-0.1, -0.05) is 6.08 Å². The van der Waals surface area contributed by atoms with E-state index in [2.05, 4.69) is 6.58 Å². The molecule has 0 aromatic heterocycles. The summed E-state index contributed by atoms with van der Waals surface area (Å²) in [5.41, 5.74) is 5.75. The summed E-state index contributed by atoms with van der Waals surface area (Å²) in [7, 11) is 0. The van der Waals surface area contributed by atoms with Crippen LogP contribution in [-0.4, -0.2) is 42.5 Å². The van der Waals surface area contributed by atoms with Gasteiger partial charge in [-0.25, -0.2) is 0 Å². The first-order valence-electron chi connectivity index (χ1n) is 6.42. The SMILES string of the molecule is C=CCC(N)C(=O)N1CCC(C(=O)OCC)CC1. The molecule has 1 aliphatic heterocycles. The average molecular weight is 254 g/mol. The first kappa shape index (κ1) is 14.7. The van der Waals surface area contributed by atoms with Crippen molar-refractivity contribution in [1.29, 1.82) is 0 Å². The van der Waals surface area contributed by atoms with Crippen molar-refractivity contribution in [3.8, 4) is 0 Å². The van der Waals surface area contributed by atoms with Gasteiger partial charge in [0.15, 0.2) is 0 Å². The van der Waals surface area contributed by atoms with Crippen molar-refractivity contribution in [2.45, 2.75) is 32.2 Å². The highest BCUT2D eigenvalue weighted by atomic mass is 16.5. The maximum Gasteiger partial charge on any atom is 0.309 e. The Hall–Kier alpha value is -1.36. The Bertz CT molecular complexity index is 309. The van der Waals surface area contributed by atoms with E-state index < -0.39 is 6.04 Å². The molecule has 18 heavy (non-hydrogen) atoms. The molecule has 1 atom stereocenters. The van der Waals surface area contributed by atoms with Crippen LogP contribution in [0, 0.1) is 5.92 Å². The van der Waals surface area contributed by atoms with E-state index in [1.807, 2.05) is 0 Å². The zero-order valence-electron chi connectivity index (χ0n) is 10.9. The molecule has 0 saturated carbocycles. The van der Waals surface area contributed by atoms with Gasteiger partial charge in [-0.2, -0.15) is 0 Å². The number of piperidine rings is 1. The highest BCUT2D eigenvalue weighted by Gasteiger charge is 2.29. The molecule has 1 rings (SSSR count). The van der Waals surface area contributed by atoms with Gasteiger partial charge in [-0.15, -0.1) is 6.58 Å². The maximum atomic E-state index is 11.9. The third kappa shape index (κ3) is 3.84. The van der Waals surface area contributed by atoms with E-state index in [0.717, 1.165) is 0 Å². The molecule has 0 aromatic carbocycles. The second kappa shape index (κ2) is 7.16. The molecule has 1 saturated heterocycles. The number of nitrogens with two attached hydrogens (primary N) is 1. The number of amides is 1. The number of hydrogen-bond donors (Lipinski definition) is 1. The third-order valence-corrected chi connectivity index (χ3v) is 3.16. The zero-order chi connectivity index (χ0) is 13.5. The van der Waals surface area contributed by atoms with Gasteiger partial charge in [0.2, 0.25) is 5.91 Å². The minimum Gasteiger partial charge on any atom is -0.466 e. The Morgan fingerprint density at radius 1 is 1.50 bits per heavy atom. The summed E-state index contributed by atoms with van der Waals surface area (Å²) in [6.45, 7) is 6.93. The monoisotopic (exact) mass is 254 g/mol. The Labute approximate surface area is 108 Å². The summed E-state index contributed by atoms with van der Waals surface area (Å²) >= 11 is 0. The van der Waals surface area contributed by atoms with Crippen molar-refractivity contribution in [3.05, 3.63) is 12.7 Å². The van der Waals surface area contributed by atoms with E-state index in [9.17, 15) is 9.59 Å². The van der Waals surface area contributed by atoms with Gasteiger partial charge >= 0.3 is 5.97 Å². The van der Waals surface area contributed by atoms with Gasteiger partial charge in [0.05, 0.1) is 18.6 Å². The van der Waals surface area contributed by atoms with Crippen molar-refractivity contribution in [3.63, 3.8) is 0 Å². The smallest absolute Gasteiger partial charge is 0.309 e. The van der Waals surface area contributed by atoms with E-state index >= 15 is 0 Å². The van der Waals surface area contributed by atoms with Crippen LogP contribution in [0.2, 0.25) is 0 Å². The summed E-state index contributed by atoms with van der Waals surface area (Å²) in [5.74, 6) is -0.290. The lowest BCUT2D eigenvalue weighted by Crippen LogP contribution is -2.47. The second-order valence-electron chi connectivity index (χ2n) is 4.48. The average Bonchev–Trinajstić information content (AvgIpc) is 2.38. The molecule has 5 heteroatoms. The minimum atomic E-state index is -0.512. The zero-order valence-corrected chi connectivity index (χ0v) is 10.9.